The molecule has 1 saturated heterocycles. The monoisotopic (exact) mass is 266 g/mol. The van der Waals surface area contributed by atoms with Crippen molar-refractivity contribution in [2.75, 3.05) is 27.2 Å². The van der Waals surface area contributed by atoms with Gasteiger partial charge in [-0.25, -0.2) is 4.79 Å². The van der Waals surface area contributed by atoms with E-state index in [1.165, 1.54) is 18.9 Å². The smallest absolute Gasteiger partial charge is 0.371 e. The van der Waals surface area contributed by atoms with Crippen LogP contribution in [0.25, 0.3) is 0 Å². The normalized spacial score (nSPS) is 22.0. The molecular formula is C14H22N2O3. The number of rotatable bonds is 5. The highest BCUT2D eigenvalue weighted by Gasteiger charge is 2.25. The van der Waals surface area contributed by atoms with Crippen LogP contribution in [-0.2, 0) is 0 Å². The van der Waals surface area contributed by atoms with Crippen LogP contribution in [0.2, 0.25) is 0 Å². The van der Waals surface area contributed by atoms with Gasteiger partial charge in [-0.1, -0.05) is 0 Å². The van der Waals surface area contributed by atoms with E-state index in [1.54, 1.807) is 6.07 Å². The fraction of sp³-hybridized carbons (Fsp3) is 0.643. The molecule has 5 nitrogen and oxygen atoms in total. The standard InChI is InChI=1S/C14H22N2O3/c1-10(12-6-7-13(19-12)14(17)18)16(3)9-11-5-4-8-15(11)2/h6-7,10-11H,4-5,8-9H2,1-3H3,(H,17,18). The summed E-state index contributed by atoms with van der Waals surface area (Å²) in [5, 5.41) is 8.87. The minimum absolute atomic E-state index is 0.00762. The number of furan rings is 1. The van der Waals surface area contributed by atoms with Crippen molar-refractivity contribution in [3.05, 3.63) is 23.7 Å². The molecule has 2 unspecified atom stereocenters. The first-order valence-electron chi connectivity index (χ1n) is 6.72. The molecule has 0 bridgehead atoms. The van der Waals surface area contributed by atoms with Gasteiger partial charge in [-0.05, 0) is 52.5 Å². The Labute approximate surface area is 113 Å². The van der Waals surface area contributed by atoms with E-state index < -0.39 is 5.97 Å². The molecule has 0 amide bonds. The molecule has 5 heteroatoms. The molecule has 2 rings (SSSR count). The maximum absolute atomic E-state index is 10.8. The lowest BCUT2D eigenvalue weighted by Gasteiger charge is -2.29. The van der Waals surface area contributed by atoms with Crippen LogP contribution in [0.4, 0.5) is 0 Å². The largest absolute Gasteiger partial charge is 0.475 e. The SMILES string of the molecule is CC(c1ccc(C(=O)O)o1)N(C)CC1CCCN1C. The second-order valence-electron chi connectivity index (χ2n) is 5.40. The Bertz CT molecular complexity index is 444. The summed E-state index contributed by atoms with van der Waals surface area (Å²) in [7, 11) is 4.21. The number of carboxylic acids is 1. The van der Waals surface area contributed by atoms with Gasteiger partial charge in [0.2, 0.25) is 5.76 Å². The summed E-state index contributed by atoms with van der Waals surface area (Å²) in [6.45, 7) is 4.18. The summed E-state index contributed by atoms with van der Waals surface area (Å²) in [5.74, 6) is -0.301. The van der Waals surface area contributed by atoms with Crippen LogP contribution < -0.4 is 0 Å². The predicted octanol–water partition coefficient (Wildman–Crippen LogP) is 2.06. The Morgan fingerprint density at radius 3 is 2.89 bits per heavy atom. The Hall–Kier alpha value is -1.33. The maximum Gasteiger partial charge on any atom is 0.371 e. The Balaban J connectivity index is 1.97. The molecule has 0 aromatic carbocycles. The van der Waals surface area contributed by atoms with Gasteiger partial charge in [-0.2, -0.15) is 0 Å². The minimum Gasteiger partial charge on any atom is -0.475 e. The van der Waals surface area contributed by atoms with E-state index in [0.717, 1.165) is 13.1 Å². The van der Waals surface area contributed by atoms with Gasteiger partial charge in [-0.3, -0.25) is 4.90 Å². The van der Waals surface area contributed by atoms with E-state index in [2.05, 4.69) is 23.9 Å². The summed E-state index contributed by atoms with van der Waals surface area (Å²) in [6, 6.07) is 3.94. The molecule has 1 aromatic rings. The Morgan fingerprint density at radius 2 is 2.37 bits per heavy atom. The van der Waals surface area contributed by atoms with Crippen molar-refractivity contribution in [1.29, 1.82) is 0 Å². The second kappa shape index (κ2) is 5.75. The molecule has 2 atom stereocenters. The molecule has 106 valence electrons. The van der Waals surface area contributed by atoms with Crippen LogP contribution in [0.5, 0.6) is 0 Å². The van der Waals surface area contributed by atoms with Crippen LogP contribution in [-0.4, -0.2) is 54.1 Å². The topological polar surface area (TPSA) is 56.9 Å². The summed E-state index contributed by atoms with van der Waals surface area (Å²) in [6.07, 6.45) is 2.49. The van der Waals surface area contributed by atoms with Crippen LogP contribution >= 0.6 is 0 Å². The number of hydrogen-bond donors (Lipinski definition) is 1. The highest BCUT2D eigenvalue weighted by molar-refractivity contribution is 5.84. The van der Waals surface area contributed by atoms with Crippen LogP contribution in [0.3, 0.4) is 0 Å². The van der Waals surface area contributed by atoms with Gasteiger partial charge in [0.15, 0.2) is 0 Å². The highest BCUT2D eigenvalue weighted by atomic mass is 16.4. The first-order chi connectivity index (χ1) is 8.99. The first-order valence-corrected chi connectivity index (χ1v) is 6.72. The molecule has 1 aliphatic rings. The fourth-order valence-corrected chi connectivity index (χ4v) is 2.61. The molecule has 0 aliphatic carbocycles. The van der Waals surface area contributed by atoms with Gasteiger partial charge in [0.25, 0.3) is 0 Å². The van der Waals surface area contributed by atoms with Crippen molar-refractivity contribution in [2.24, 2.45) is 0 Å². The second-order valence-corrected chi connectivity index (χ2v) is 5.40. The first kappa shape index (κ1) is 14.1. The Kier molecular flexibility index (Phi) is 4.27. The predicted molar refractivity (Wildman–Crippen MR) is 72.4 cm³/mol. The zero-order chi connectivity index (χ0) is 14.0. The van der Waals surface area contributed by atoms with Crippen LogP contribution in [0.15, 0.2) is 16.5 Å². The molecule has 2 heterocycles. The van der Waals surface area contributed by atoms with Crippen molar-refractivity contribution < 1.29 is 14.3 Å². The van der Waals surface area contributed by atoms with Crippen molar-refractivity contribution in [1.82, 2.24) is 9.80 Å². The zero-order valence-electron chi connectivity index (χ0n) is 11.8. The van der Waals surface area contributed by atoms with Crippen molar-refractivity contribution in [3.63, 3.8) is 0 Å². The van der Waals surface area contributed by atoms with E-state index in [9.17, 15) is 4.79 Å². The number of nitrogens with zero attached hydrogens (tertiary/aromatic N) is 2. The van der Waals surface area contributed by atoms with Crippen LogP contribution in [0, 0.1) is 0 Å². The number of likely N-dealkylation sites (tertiary alicyclic amines) is 1. The molecular weight excluding hydrogens is 244 g/mol. The van der Waals surface area contributed by atoms with Gasteiger partial charge in [-0.15, -0.1) is 0 Å². The third-order valence-electron chi connectivity index (χ3n) is 4.08. The minimum atomic E-state index is -1.02. The van der Waals surface area contributed by atoms with Gasteiger partial charge in [0, 0.05) is 12.6 Å². The fourth-order valence-electron chi connectivity index (χ4n) is 2.61. The zero-order valence-corrected chi connectivity index (χ0v) is 11.8. The van der Waals surface area contributed by atoms with Gasteiger partial charge >= 0.3 is 5.97 Å². The summed E-state index contributed by atoms with van der Waals surface area (Å²) < 4.78 is 5.36. The molecule has 0 saturated carbocycles. The quantitative estimate of drug-likeness (QED) is 0.884. The lowest BCUT2D eigenvalue weighted by Crippen LogP contribution is -2.37. The third kappa shape index (κ3) is 3.16. The number of aromatic carboxylic acids is 1. The Morgan fingerprint density at radius 1 is 1.63 bits per heavy atom. The third-order valence-corrected chi connectivity index (χ3v) is 4.08. The number of likely N-dealkylation sites (N-methyl/N-ethyl adjacent to an activating group) is 2. The van der Waals surface area contributed by atoms with E-state index in [1.807, 2.05) is 6.92 Å². The molecule has 19 heavy (non-hydrogen) atoms. The molecule has 1 N–H and O–H groups in total. The van der Waals surface area contributed by atoms with E-state index in [0.29, 0.717) is 11.8 Å². The van der Waals surface area contributed by atoms with Crippen molar-refractivity contribution >= 4 is 5.97 Å². The number of carboxylic acid groups (broad SMARTS) is 1. The summed E-state index contributed by atoms with van der Waals surface area (Å²) >= 11 is 0. The molecule has 1 fully saturated rings. The molecule has 1 aliphatic heterocycles. The van der Waals surface area contributed by atoms with Crippen molar-refractivity contribution in [3.8, 4) is 0 Å². The maximum atomic E-state index is 10.8. The van der Waals surface area contributed by atoms with E-state index >= 15 is 0 Å². The average molecular weight is 266 g/mol. The molecule has 0 spiro atoms. The number of hydrogen-bond acceptors (Lipinski definition) is 4. The van der Waals surface area contributed by atoms with Gasteiger partial charge < -0.3 is 14.4 Å². The lowest BCUT2D eigenvalue weighted by molar-refractivity contribution is 0.0656. The van der Waals surface area contributed by atoms with E-state index in [4.69, 9.17) is 9.52 Å². The summed E-state index contributed by atoms with van der Waals surface area (Å²) in [4.78, 5) is 15.4. The van der Waals surface area contributed by atoms with E-state index in [-0.39, 0.29) is 11.8 Å². The molecule has 0 radical (unpaired) electrons. The summed E-state index contributed by atoms with van der Waals surface area (Å²) in [5.41, 5.74) is 0. The van der Waals surface area contributed by atoms with Crippen LogP contribution in [0.1, 0.15) is 42.1 Å². The average Bonchev–Trinajstić information content (AvgIpc) is 2.98. The number of carbonyl (C=O) groups is 1. The van der Waals surface area contributed by atoms with Gasteiger partial charge in [0.05, 0.1) is 6.04 Å². The molecule has 1 aromatic heterocycles. The lowest BCUT2D eigenvalue weighted by atomic mass is 10.1. The van der Waals surface area contributed by atoms with Crippen molar-refractivity contribution in [2.45, 2.75) is 31.8 Å². The van der Waals surface area contributed by atoms with Gasteiger partial charge in [0.1, 0.15) is 5.76 Å². The highest BCUT2D eigenvalue weighted by Crippen LogP contribution is 2.24.